The molecule has 0 radical (unpaired) electrons. The first kappa shape index (κ1) is 15.1. The second-order valence-electron chi connectivity index (χ2n) is 5.17. The zero-order chi connectivity index (χ0) is 15.5. The highest BCUT2D eigenvalue weighted by Gasteiger charge is 2.16. The summed E-state index contributed by atoms with van der Waals surface area (Å²) in [4.78, 5) is 12.1. The Morgan fingerprint density at radius 2 is 2.14 bits per heavy atom. The quantitative estimate of drug-likeness (QED) is 0.880. The first-order valence-corrected chi connectivity index (χ1v) is 7.91. The van der Waals surface area contributed by atoms with Crippen LogP contribution in [0, 0.1) is 0 Å². The first-order valence-electron chi connectivity index (χ1n) is 7.11. The van der Waals surface area contributed by atoms with Crippen LogP contribution in [-0.4, -0.2) is 24.2 Å². The molecule has 1 heterocycles. The van der Waals surface area contributed by atoms with Crippen LogP contribution in [0.4, 0.5) is 0 Å². The van der Waals surface area contributed by atoms with Crippen molar-refractivity contribution in [1.29, 1.82) is 0 Å². The van der Waals surface area contributed by atoms with Crippen LogP contribution in [0.1, 0.15) is 27.6 Å². The lowest BCUT2D eigenvalue weighted by Gasteiger charge is -2.14. The molecule has 1 aliphatic heterocycles. The van der Waals surface area contributed by atoms with Gasteiger partial charge in [-0.15, -0.1) is 0 Å². The maximum atomic E-state index is 12.1. The van der Waals surface area contributed by atoms with E-state index < -0.39 is 6.10 Å². The average molecular weight is 362 g/mol. The number of hydrogen-bond donors (Lipinski definition) is 2. The van der Waals surface area contributed by atoms with Crippen LogP contribution in [0.2, 0.25) is 0 Å². The van der Waals surface area contributed by atoms with Crippen molar-refractivity contribution in [3.63, 3.8) is 0 Å². The van der Waals surface area contributed by atoms with Gasteiger partial charge in [0.05, 0.1) is 18.3 Å². The van der Waals surface area contributed by atoms with Gasteiger partial charge in [0.1, 0.15) is 5.75 Å². The molecule has 22 heavy (non-hydrogen) atoms. The summed E-state index contributed by atoms with van der Waals surface area (Å²) in [5.74, 6) is 0.671. The van der Waals surface area contributed by atoms with Crippen LogP contribution >= 0.6 is 15.9 Å². The van der Waals surface area contributed by atoms with E-state index in [4.69, 9.17) is 4.74 Å². The monoisotopic (exact) mass is 361 g/mol. The van der Waals surface area contributed by atoms with Crippen molar-refractivity contribution < 1.29 is 14.6 Å². The Morgan fingerprint density at radius 3 is 2.95 bits per heavy atom. The Bertz CT molecular complexity index is 702. The molecule has 1 unspecified atom stereocenters. The van der Waals surface area contributed by atoms with Gasteiger partial charge in [-0.05, 0) is 51.3 Å². The molecule has 0 aromatic heterocycles. The number of ether oxygens (including phenoxy) is 1. The standard InChI is InChI=1S/C17H16BrNO3/c18-14-4-2-1-3-13(14)17(21)19-10-15(20)11-5-6-16-12(9-11)7-8-22-16/h1-6,9,15,20H,7-8,10H2,(H,19,21). The summed E-state index contributed by atoms with van der Waals surface area (Å²) in [6.07, 6.45) is 0.122. The number of nitrogens with one attached hydrogen (secondary N) is 1. The topological polar surface area (TPSA) is 58.6 Å². The zero-order valence-electron chi connectivity index (χ0n) is 11.9. The SMILES string of the molecule is O=C(NCC(O)c1ccc2c(c1)CCO2)c1ccccc1Br. The van der Waals surface area contributed by atoms with Crippen molar-refractivity contribution in [2.24, 2.45) is 0 Å². The molecular formula is C17H16BrNO3. The summed E-state index contributed by atoms with van der Waals surface area (Å²) < 4.78 is 6.18. The highest BCUT2D eigenvalue weighted by molar-refractivity contribution is 9.10. The number of hydrogen-bond acceptors (Lipinski definition) is 3. The van der Waals surface area contributed by atoms with E-state index >= 15 is 0 Å². The Labute approximate surface area is 137 Å². The second-order valence-corrected chi connectivity index (χ2v) is 6.03. The molecule has 1 atom stereocenters. The Kier molecular flexibility index (Phi) is 4.45. The minimum atomic E-state index is -0.739. The molecule has 4 nitrogen and oxygen atoms in total. The molecule has 0 saturated carbocycles. The van der Waals surface area contributed by atoms with Crippen molar-refractivity contribution in [2.75, 3.05) is 13.2 Å². The Morgan fingerprint density at radius 1 is 1.32 bits per heavy atom. The number of halogens is 1. The van der Waals surface area contributed by atoms with E-state index in [-0.39, 0.29) is 12.5 Å². The van der Waals surface area contributed by atoms with E-state index in [0.29, 0.717) is 12.2 Å². The van der Waals surface area contributed by atoms with Crippen LogP contribution in [-0.2, 0) is 6.42 Å². The maximum absolute atomic E-state index is 12.1. The highest BCUT2D eigenvalue weighted by Crippen LogP contribution is 2.28. The number of amides is 1. The molecule has 1 amide bonds. The zero-order valence-corrected chi connectivity index (χ0v) is 13.5. The van der Waals surface area contributed by atoms with Crippen molar-refractivity contribution >= 4 is 21.8 Å². The molecule has 2 N–H and O–H groups in total. The minimum Gasteiger partial charge on any atom is -0.493 e. The van der Waals surface area contributed by atoms with E-state index in [1.54, 1.807) is 12.1 Å². The number of benzene rings is 2. The number of fused-ring (bicyclic) bond motifs is 1. The predicted octanol–water partition coefficient (Wildman–Crippen LogP) is 2.85. The molecule has 0 bridgehead atoms. The molecule has 114 valence electrons. The van der Waals surface area contributed by atoms with Gasteiger partial charge in [0.15, 0.2) is 0 Å². The fraction of sp³-hybridized carbons (Fsp3) is 0.235. The Hall–Kier alpha value is -1.85. The summed E-state index contributed by atoms with van der Waals surface area (Å²) in [6, 6.07) is 12.8. The number of rotatable bonds is 4. The van der Waals surface area contributed by atoms with Crippen molar-refractivity contribution in [3.05, 3.63) is 63.6 Å². The Balaban J connectivity index is 1.64. The number of carbonyl (C=O) groups is 1. The first-order chi connectivity index (χ1) is 10.6. The highest BCUT2D eigenvalue weighted by atomic mass is 79.9. The van der Waals surface area contributed by atoms with Crippen LogP contribution in [0.3, 0.4) is 0 Å². The average Bonchev–Trinajstić information content (AvgIpc) is 3.00. The van der Waals surface area contributed by atoms with Crippen molar-refractivity contribution in [3.8, 4) is 5.75 Å². The molecule has 5 heteroatoms. The lowest BCUT2D eigenvalue weighted by atomic mass is 10.0. The largest absolute Gasteiger partial charge is 0.493 e. The van der Waals surface area contributed by atoms with Crippen molar-refractivity contribution in [1.82, 2.24) is 5.32 Å². The van der Waals surface area contributed by atoms with E-state index in [2.05, 4.69) is 21.2 Å². The van der Waals surface area contributed by atoms with Gasteiger partial charge in [-0.3, -0.25) is 4.79 Å². The van der Waals surface area contributed by atoms with Gasteiger partial charge in [-0.2, -0.15) is 0 Å². The van der Waals surface area contributed by atoms with Gasteiger partial charge in [0.25, 0.3) is 5.91 Å². The molecule has 2 aromatic carbocycles. The summed E-state index contributed by atoms with van der Waals surface area (Å²) >= 11 is 3.35. The lowest BCUT2D eigenvalue weighted by Crippen LogP contribution is -2.28. The van der Waals surface area contributed by atoms with Gasteiger partial charge in [0, 0.05) is 17.4 Å². The fourth-order valence-electron chi connectivity index (χ4n) is 2.46. The third-order valence-corrected chi connectivity index (χ3v) is 4.36. The molecule has 3 rings (SSSR count). The second kappa shape index (κ2) is 6.50. The maximum Gasteiger partial charge on any atom is 0.252 e. The molecule has 0 fully saturated rings. The van der Waals surface area contributed by atoms with Gasteiger partial charge in [-0.25, -0.2) is 0 Å². The van der Waals surface area contributed by atoms with Gasteiger partial charge in [0.2, 0.25) is 0 Å². The normalized spacial score (nSPS) is 14.1. The molecular weight excluding hydrogens is 346 g/mol. The molecule has 0 aliphatic carbocycles. The summed E-state index contributed by atoms with van der Waals surface area (Å²) in [7, 11) is 0. The minimum absolute atomic E-state index is 0.166. The number of aliphatic hydroxyl groups is 1. The van der Waals surface area contributed by atoms with E-state index in [9.17, 15) is 9.90 Å². The van der Waals surface area contributed by atoms with Crippen molar-refractivity contribution in [2.45, 2.75) is 12.5 Å². The molecule has 0 spiro atoms. The molecule has 1 aliphatic rings. The summed E-state index contributed by atoms with van der Waals surface area (Å²) in [5, 5.41) is 13.0. The lowest BCUT2D eigenvalue weighted by molar-refractivity contribution is 0.0915. The predicted molar refractivity (Wildman–Crippen MR) is 87.1 cm³/mol. The van der Waals surface area contributed by atoms with Gasteiger partial charge in [-0.1, -0.05) is 18.2 Å². The van der Waals surface area contributed by atoms with Gasteiger partial charge < -0.3 is 15.2 Å². The smallest absolute Gasteiger partial charge is 0.252 e. The van der Waals surface area contributed by atoms with E-state index in [1.807, 2.05) is 30.3 Å². The van der Waals surface area contributed by atoms with Crippen LogP contribution < -0.4 is 10.1 Å². The third-order valence-electron chi connectivity index (χ3n) is 3.67. The molecule has 2 aromatic rings. The number of aliphatic hydroxyl groups excluding tert-OH is 1. The number of carbonyl (C=O) groups excluding carboxylic acids is 1. The fourth-order valence-corrected chi connectivity index (χ4v) is 2.93. The third kappa shape index (κ3) is 3.15. The molecule has 0 saturated heterocycles. The van der Waals surface area contributed by atoms with E-state index in [1.165, 1.54) is 0 Å². The summed E-state index contributed by atoms with van der Waals surface area (Å²) in [5.41, 5.74) is 2.45. The van der Waals surface area contributed by atoms with Gasteiger partial charge >= 0.3 is 0 Å². The van der Waals surface area contributed by atoms with Crippen LogP contribution in [0.5, 0.6) is 5.75 Å². The van der Waals surface area contributed by atoms with Crippen LogP contribution in [0.15, 0.2) is 46.9 Å². The van der Waals surface area contributed by atoms with Crippen LogP contribution in [0.25, 0.3) is 0 Å². The van der Waals surface area contributed by atoms with E-state index in [0.717, 1.165) is 27.8 Å². The summed E-state index contributed by atoms with van der Waals surface area (Å²) in [6.45, 7) is 0.855.